The molecule has 0 aliphatic heterocycles. The molecular formula is C16H16INO3. The molecule has 0 radical (unpaired) electrons. The monoisotopic (exact) mass is 397 g/mol. The number of hydrogen-bond acceptors (Lipinski definition) is 3. The lowest BCUT2D eigenvalue weighted by molar-refractivity contribution is 0.0949. The number of halogens is 1. The minimum absolute atomic E-state index is 0.00606. The Morgan fingerprint density at radius 2 is 1.95 bits per heavy atom. The highest BCUT2D eigenvalue weighted by Gasteiger charge is 2.10. The summed E-state index contributed by atoms with van der Waals surface area (Å²) in [5, 5.41) is 12.4. The van der Waals surface area contributed by atoms with Crippen molar-refractivity contribution >= 4 is 28.5 Å². The average Bonchev–Trinajstić information content (AvgIpc) is 2.50. The number of aromatic hydroxyl groups is 1. The maximum Gasteiger partial charge on any atom is 0.255 e. The summed E-state index contributed by atoms with van der Waals surface area (Å²) in [6.07, 6.45) is 0.700. The summed E-state index contributed by atoms with van der Waals surface area (Å²) in [6.45, 7) is 1.03. The van der Waals surface area contributed by atoms with Crippen LogP contribution in [0.25, 0.3) is 0 Å². The van der Waals surface area contributed by atoms with Crippen LogP contribution in [0.3, 0.4) is 0 Å². The van der Waals surface area contributed by atoms with Crippen LogP contribution in [0.1, 0.15) is 16.8 Å². The number of benzene rings is 2. The molecule has 0 saturated carbocycles. The second kappa shape index (κ2) is 7.87. The first kappa shape index (κ1) is 15.6. The fourth-order valence-electron chi connectivity index (χ4n) is 1.77. The van der Waals surface area contributed by atoms with Gasteiger partial charge in [0, 0.05) is 10.1 Å². The fraction of sp³-hybridized carbons (Fsp3) is 0.188. The first-order valence-corrected chi connectivity index (χ1v) is 7.69. The SMILES string of the molecule is O=C(NCCCOc1ccccc1)c1cc(I)ccc1O. The highest BCUT2D eigenvalue weighted by molar-refractivity contribution is 14.1. The van der Waals surface area contributed by atoms with Crippen molar-refractivity contribution in [1.82, 2.24) is 5.32 Å². The summed E-state index contributed by atoms with van der Waals surface area (Å²) in [6, 6.07) is 14.5. The zero-order valence-electron chi connectivity index (χ0n) is 11.4. The summed E-state index contributed by atoms with van der Waals surface area (Å²) in [5.41, 5.74) is 0.297. The van der Waals surface area contributed by atoms with Gasteiger partial charge in [-0.1, -0.05) is 18.2 Å². The van der Waals surface area contributed by atoms with Gasteiger partial charge in [-0.25, -0.2) is 0 Å². The molecule has 0 spiro atoms. The molecule has 0 heterocycles. The number of para-hydroxylation sites is 1. The number of ether oxygens (including phenoxy) is 1. The van der Waals surface area contributed by atoms with Crippen molar-refractivity contribution < 1.29 is 14.6 Å². The van der Waals surface area contributed by atoms with Gasteiger partial charge >= 0.3 is 0 Å². The Labute approximate surface area is 137 Å². The molecule has 4 nitrogen and oxygen atoms in total. The minimum atomic E-state index is -0.272. The zero-order chi connectivity index (χ0) is 15.1. The van der Waals surface area contributed by atoms with Gasteiger partial charge in [0.2, 0.25) is 0 Å². The molecule has 0 bridgehead atoms. The zero-order valence-corrected chi connectivity index (χ0v) is 13.5. The van der Waals surface area contributed by atoms with E-state index < -0.39 is 0 Å². The molecule has 0 atom stereocenters. The van der Waals surface area contributed by atoms with Crippen LogP contribution in [0.4, 0.5) is 0 Å². The molecule has 2 aromatic rings. The van der Waals surface area contributed by atoms with E-state index in [4.69, 9.17) is 4.74 Å². The van der Waals surface area contributed by atoms with E-state index in [0.717, 1.165) is 9.32 Å². The molecule has 0 unspecified atom stereocenters. The Morgan fingerprint density at radius 1 is 1.19 bits per heavy atom. The quantitative estimate of drug-likeness (QED) is 0.582. The van der Waals surface area contributed by atoms with Crippen LogP contribution in [0, 0.1) is 3.57 Å². The Hall–Kier alpha value is -1.76. The van der Waals surface area contributed by atoms with Gasteiger partial charge in [0.05, 0.1) is 12.2 Å². The third-order valence-corrected chi connectivity index (χ3v) is 3.49. The van der Waals surface area contributed by atoms with Gasteiger partial charge in [-0.2, -0.15) is 0 Å². The van der Waals surface area contributed by atoms with Crippen molar-refractivity contribution in [3.63, 3.8) is 0 Å². The molecule has 0 aliphatic rings. The molecule has 5 heteroatoms. The standard InChI is InChI=1S/C16H16INO3/c17-12-7-8-15(19)14(11-12)16(20)18-9-4-10-21-13-5-2-1-3-6-13/h1-3,5-8,11,19H,4,9-10H2,(H,18,20). The van der Waals surface area contributed by atoms with Crippen molar-refractivity contribution in [2.45, 2.75) is 6.42 Å². The van der Waals surface area contributed by atoms with Gasteiger partial charge in [-0.15, -0.1) is 0 Å². The molecule has 0 aliphatic carbocycles. The Kier molecular flexibility index (Phi) is 5.86. The first-order chi connectivity index (χ1) is 10.2. The van der Waals surface area contributed by atoms with E-state index in [0.29, 0.717) is 25.1 Å². The predicted molar refractivity (Wildman–Crippen MR) is 89.7 cm³/mol. The summed E-state index contributed by atoms with van der Waals surface area (Å²) < 4.78 is 6.44. The minimum Gasteiger partial charge on any atom is -0.507 e. The van der Waals surface area contributed by atoms with Gasteiger partial charge in [0.15, 0.2) is 0 Å². The maximum absolute atomic E-state index is 11.9. The lowest BCUT2D eigenvalue weighted by Crippen LogP contribution is -2.25. The van der Waals surface area contributed by atoms with Crippen LogP contribution in [-0.2, 0) is 0 Å². The Morgan fingerprint density at radius 3 is 2.71 bits per heavy atom. The summed E-state index contributed by atoms with van der Waals surface area (Å²) >= 11 is 2.10. The summed E-state index contributed by atoms with van der Waals surface area (Å²) in [5.74, 6) is 0.540. The number of nitrogens with one attached hydrogen (secondary N) is 1. The van der Waals surface area contributed by atoms with Crippen molar-refractivity contribution in [3.05, 3.63) is 57.7 Å². The van der Waals surface area contributed by atoms with Crippen LogP contribution in [-0.4, -0.2) is 24.2 Å². The molecule has 110 valence electrons. The van der Waals surface area contributed by atoms with Crippen molar-refractivity contribution in [2.75, 3.05) is 13.2 Å². The molecule has 1 amide bonds. The molecule has 0 saturated heterocycles. The van der Waals surface area contributed by atoms with Crippen molar-refractivity contribution in [3.8, 4) is 11.5 Å². The van der Waals surface area contributed by atoms with E-state index in [1.807, 2.05) is 30.3 Å². The molecule has 0 fully saturated rings. The average molecular weight is 397 g/mol. The number of phenols is 1. The molecule has 2 aromatic carbocycles. The lowest BCUT2D eigenvalue weighted by Gasteiger charge is -2.08. The Balaban J connectivity index is 1.73. The highest BCUT2D eigenvalue weighted by atomic mass is 127. The van der Waals surface area contributed by atoms with Crippen LogP contribution < -0.4 is 10.1 Å². The number of amides is 1. The second-order valence-corrected chi connectivity index (χ2v) is 5.68. The van der Waals surface area contributed by atoms with Crippen molar-refractivity contribution in [2.24, 2.45) is 0 Å². The predicted octanol–water partition coefficient (Wildman–Crippen LogP) is 3.20. The topological polar surface area (TPSA) is 58.6 Å². The van der Waals surface area contributed by atoms with Gasteiger partial charge in [-0.3, -0.25) is 4.79 Å². The number of rotatable bonds is 6. The maximum atomic E-state index is 11.9. The van der Waals surface area contributed by atoms with Crippen LogP contribution in [0.5, 0.6) is 11.5 Å². The molecule has 0 aromatic heterocycles. The third kappa shape index (κ3) is 4.93. The lowest BCUT2D eigenvalue weighted by atomic mass is 10.2. The number of carbonyl (C=O) groups is 1. The van der Waals surface area contributed by atoms with E-state index in [-0.39, 0.29) is 11.7 Å². The van der Waals surface area contributed by atoms with E-state index >= 15 is 0 Å². The van der Waals surface area contributed by atoms with Crippen molar-refractivity contribution in [1.29, 1.82) is 0 Å². The molecule has 21 heavy (non-hydrogen) atoms. The first-order valence-electron chi connectivity index (χ1n) is 6.61. The number of carbonyl (C=O) groups excluding carboxylic acids is 1. The summed E-state index contributed by atoms with van der Waals surface area (Å²) in [4.78, 5) is 11.9. The van der Waals surface area contributed by atoms with Crippen LogP contribution in [0.15, 0.2) is 48.5 Å². The smallest absolute Gasteiger partial charge is 0.255 e. The van der Waals surface area contributed by atoms with E-state index in [9.17, 15) is 9.90 Å². The normalized spacial score (nSPS) is 10.1. The molecule has 2 rings (SSSR count). The van der Waals surface area contributed by atoms with Crippen LogP contribution >= 0.6 is 22.6 Å². The van der Waals surface area contributed by atoms with E-state index in [1.54, 1.807) is 12.1 Å². The van der Waals surface area contributed by atoms with Gasteiger partial charge in [0.1, 0.15) is 11.5 Å². The van der Waals surface area contributed by atoms with Gasteiger partial charge < -0.3 is 15.2 Å². The number of hydrogen-bond donors (Lipinski definition) is 2. The number of phenolic OH excluding ortho intramolecular Hbond substituents is 1. The summed E-state index contributed by atoms with van der Waals surface area (Å²) in [7, 11) is 0. The largest absolute Gasteiger partial charge is 0.507 e. The van der Waals surface area contributed by atoms with E-state index in [2.05, 4.69) is 27.9 Å². The highest BCUT2D eigenvalue weighted by Crippen LogP contribution is 2.19. The van der Waals surface area contributed by atoms with E-state index in [1.165, 1.54) is 6.07 Å². The fourth-order valence-corrected chi connectivity index (χ4v) is 2.26. The van der Waals surface area contributed by atoms with Gasteiger partial charge in [-0.05, 0) is 59.3 Å². The molecule has 2 N–H and O–H groups in total. The second-order valence-electron chi connectivity index (χ2n) is 4.43. The Bertz CT molecular complexity index is 602. The van der Waals surface area contributed by atoms with Gasteiger partial charge in [0.25, 0.3) is 5.91 Å². The van der Waals surface area contributed by atoms with Crippen LogP contribution in [0.2, 0.25) is 0 Å². The molecular weight excluding hydrogens is 381 g/mol. The third-order valence-electron chi connectivity index (χ3n) is 2.82.